The largest absolute Gasteiger partial charge is 0.485 e. The summed E-state index contributed by atoms with van der Waals surface area (Å²) in [6.45, 7) is 6.70. The maximum Gasteiger partial charge on any atom is 0.264 e. The molecule has 1 atom stereocenters. The van der Waals surface area contributed by atoms with Gasteiger partial charge in [-0.25, -0.2) is 0 Å². The second kappa shape index (κ2) is 7.68. The van der Waals surface area contributed by atoms with Crippen molar-refractivity contribution >= 4 is 5.91 Å². The summed E-state index contributed by atoms with van der Waals surface area (Å²) in [5.41, 5.74) is 0. The van der Waals surface area contributed by atoms with Crippen LogP contribution < -0.4 is 14.8 Å². The maximum atomic E-state index is 12.2. The highest BCUT2D eigenvalue weighted by Gasteiger charge is 2.26. The molecule has 0 bridgehead atoms. The number of fused-ring (bicyclic) bond motifs is 1. The van der Waals surface area contributed by atoms with Gasteiger partial charge in [0.05, 0.1) is 0 Å². The molecule has 0 spiro atoms. The van der Waals surface area contributed by atoms with Crippen LogP contribution in [0.2, 0.25) is 0 Å². The molecule has 0 unspecified atom stereocenters. The van der Waals surface area contributed by atoms with Gasteiger partial charge in [0, 0.05) is 6.54 Å². The molecule has 2 heterocycles. The van der Waals surface area contributed by atoms with Crippen molar-refractivity contribution in [1.29, 1.82) is 0 Å². The van der Waals surface area contributed by atoms with Crippen molar-refractivity contribution in [3.63, 3.8) is 0 Å². The third-order valence-corrected chi connectivity index (χ3v) is 4.63. The molecule has 1 saturated heterocycles. The highest BCUT2D eigenvalue weighted by atomic mass is 16.6. The summed E-state index contributed by atoms with van der Waals surface area (Å²) in [6, 6.07) is 7.45. The molecule has 23 heavy (non-hydrogen) atoms. The average molecular weight is 318 g/mol. The predicted molar refractivity (Wildman–Crippen MR) is 88.8 cm³/mol. The first-order valence-electron chi connectivity index (χ1n) is 8.61. The van der Waals surface area contributed by atoms with Gasteiger partial charge in [-0.2, -0.15) is 0 Å². The van der Waals surface area contributed by atoms with Crippen molar-refractivity contribution in [3.05, 3.63) is 24.3 Å². The van der Waals surface area contributed by atoms with E-state index in [2.05, 4.69) is 17.1 Å². The standard InChI is InChI=1S/C18H26N2O3/c1-14-7-11-20(12-8-14)10-4-9-19-18(21)17-13-22-15-5-2-3-6-16(15)23-17/h2-3,5-6,14,17H,4,7-13H2,1H3,(H,19,21)/t17-/m1/s1. The van der Waals surface area contributed by atoms with E-state index in [1.807, 2.05) is 24.3 Å². The van der Waals surface area contributed by atoms with Crippen LogP contribution in [0, 0.1) is 5.92 Å². The zero-order valence-corrected chi connectivity index (χ0v) is 13.8. The molecule has 5 heteroatoms. The Balaban J connectivity index is 1.35. The van der Waals surface area contributed by atoms with Crippen LogP contribution in [0.5, 0.6) is 11.5 Å². The van der Waals surface area contributed by atoms with E-state index in [-0.39, 0.29) is 12.5 Å². The average Bonchev–Trinajstić information content (AvgIpc) is 2.59. The Morgan fingerprint density at radius 1 is 1.26 bits per heavy atom. The number of ether oxygens (including phenoxy) is 2. The second-order valence-electron chi connectivity index (χ2n) is 6.53. The minimum Gasteiger partial charge on any atom is -0.485 e. The number of hydrogen-bond acceptors (Lipinski definition) is 4. The Morgan fingerprint density at radius 2 is 2.00 bits per heavy atom. The number of para-hydroxylation sites is 2. The lowest BCUT2D eigenvalue weighted by atomic mass is 9.99. The van der Waals surface area contributed by atoms with E-state index in [9.17, 15) is 4.79 Å². The van der Waals surface area contributed by atoms with Gasteiger partial charge in [0.15, 0.2) is 11.5 Å². The van der Waals surface area contributed by atoms with Crippen molar-refractivity contribution in [2.75, 3.05) is 32.8 Å². The molecular formula is C18H26N2O3. The lowest BCUT2D eigenvalue weighted by Gasteiger charge is -2.30. The highest BCUT2D eigenvalue weighted by molar-refractivity contribution is 5.81. The second-order valence-corrected chi connectivity index (χ2v) is 6.53. The number of carbonyl (C=O) groups is 1. The molecule has 1 fully saturated rings. The van der Waals surface area contributed by atoms with Gasteiger partial charge in [-0.3, -0.25) is 4.79 Å². The minimum atomic E-state index is -0.555. The molecule has 0 aliphatic carbocycles. The Morgan fingerprint density at radius 3 is 2.78 bits per heavy atom. The van der Waals surface area contributed by atoms with Crippen molar-refractivity contribution in [2.24, 2.45) is 5.92 Å². The molecule has 1 aromatic rings. The van der Waals surface area contributed by atoms with Crippen LogP contribution in [0.25, 0.3) is 0 Å². The number of piperidine rings is 1. The molecule has 0 radical (unpaired) electrons. The SMILES string of the molecule is CC1CCN(CCCNC(=O)[C@H]2COc3ccccc3O2)CC1. The fraction of sp³-hybridized carbons (Fsp3) is 0.611. The first-order chi connectivity index (χ1) is 11.2. The van der Waals surface area contributed by atoms with Crippen LogP contribution in [-0.2, 0) is 4.79 Å². The maximum absolute atomic E-state index is 12.2. The summed E-state index contributed by atoms with van der Waals surface area (Å²) in [7, 11) is 0. The summed E-state index contributed by atoms with van der Waals surface area (Å²) >= 11 is 0. The van der Waals surface area contributed by atoms with Crippen LogP contribution in [0.15, 0.2) is 24.3 Å². The molecule has 0 saturated carbocycles. The van der Waals surface area contributed by atoms with Crippen LogP contribution in [-0.4, -0.2) is 49.7 Å². The van der Waals surface area contributed by atoms with E-state index in [0.29, 0.717) is 18.0 Å². The van der Waals surface area contributed by atoms with Crippen LogP contribution >= 0.6 is 0 Å². The first kappa shape index (κ1) is 16.1. The normalized spacial score (nSPS) is 21.9. The molecule has 2 aliphatic rings. The van der Waals surface area contributed by atoms with Gasteiger partial charge in [-0.1, -0.05) is 19.1 Å². The first-order valence-corrected chi connectivity index (χ1v) is 8.61. The number of rotatable bonds is 5. The summed E-state index contributed by atoms with van der Waals surface area (Å²) in [5, 5.41) is 2.96. The number of nitrogens with zero attached hydrogens (tertiary/aromatic N) is 1. The van der Waals surface area contributed by atoms with Gasteiger partial charge in [0.1, 0.15) is 6.61 Å². The smallest absolute Gasteiger partial charge is 0.264 e. The van der Waals surface area contributed by atoms with Crippen LogP contribution in [0.1, 0.15) is 26.2 Å². The third-order valence-electron chi connectivity index (χ3n) is 4.63. The third kappa shape index (κ3) is 4.38. The number of hydrogen-bond donors (Lipinski definition) is 1. The Bertz CT molecular complexity index is 527. The zero-order valence-electron chi connectivity index (χ0n) is 13.8. The molecule has 5 nitrogen and oxygen atoms in total. The van der Waals surface area contributed by atoms with Gasteiger partial charge in [0.25, 0.3) is 5.91 Å². The lowest BCUT2D eigenvalue weighted by molar-refractivity contribution is -0.130. The molecule has 1 N–H and O–H groups in total. The topological polar surface area (TPSA) is 50.8 Å². The van der Waals surface area contributed by atoms with E-state index < -0.39 is 6.10 Å². The van der Waals surface area contributed by atoms with Gasteiger partial charge < -0.3 is 19.7 Å². The van der Waals surface area contributed by atoms with E-state index in [0.717, 1.165) is 18.9 Å². The zero-order chi connectivity index (χ0) is 16.1. The van der Waals surface area contributed by atoms with Gasteiger partial charge >= 0.3 is 0 Å². The quantitative estimate of drug-likeness (QED) is 0.845. The van der Waals surface area contributed by atoms with Crippen LogP contribution in [0.4, 0.5) is 0 Å². The molecule has 126 valence electrons. The van der Waals surface area contributed by atoms with Gasteiger partial charge in [0.2, 0.25) is 6.10 Å². The van der Waals surface area contributed by atoms with E-state index in [1.54, 1.807) is 0 Å². The van der Waals surface area contributed by atoms with Gasteiger partial charge in [-0.05, 0) is 56.9 Å². The summed E-state index contributed by atoms with van der Waals surface area (Å²) in [4.78, 5) is 14.7. The molecule has 3 rings (SSSR count). The summed E-state index contributed by atoms with van der Waals surface area (Å²) in [6.07, 6.45) is 3.00. The Hall–Kier alpha value is -1.75. The van der Waals surface area contributed by atoms with Crippen molar-refractivity contribution in [3.8, 4) is 11.5 Å². The number of nitrogens with one attached hydrogen (secondary N) is 1. The highest BCUT2D eigenvalue weighted by Crippen LogP contribution is 2.30. The van der Waals surface area contributed by atoms with E-state index in [1.165, 1.54) is 25.9 Å². The number of carbonyl (C=O) groups excluding carboxylic acids is 1. The Kier molecular flexibility index (Phi) is 5.39. The fourth-order valence-corrected chi connectivity index (χ4v) is 3.06. The number of amides is 1. The summed E-state index contributed by atoms with van der Waals surface area (Å²) in [5.74, 6) is 2.11. The Labute approximate surface area is 137 Å². The van der Waals surface area contributed by atoms with Crippen molar-refractivity contribution in [1.82, 2.24) is 10.2 Å². The molecular weight excluding hydrogens is 292 g/mol. The van der Waals surface area contributed by atoms with Gasteiger partial charge in [-0.15, -0.1) is 0 Å². The molecule has 0 aromatic heterocycles. The van der Waals surface area contributed by atoms with Crippen molar-refractivity contribution < 1.29 is 14.3 Å². The molecule has 1 aromatic carbocycles. The summed E-state index contributed by atoms with van der Waals surface area (Å²) < 4.78 is 11.3. The van der Waals surface area contributed by atoms with Crippen LogP contribution in [0.3, 0.4) is 0 Å². The fourth-order valence-electron chi connectivity index (χ4n) is 3.06. The van der Waals surface area contributed by atoms with E-state index in [4.69, 9.17) is 9.47 Å². The lowest BCUT2D eigenvalue weighted by Crippen LogP contribution is -2.44. The minimum absolute atomic E-state index is 0.0910. The van der Waals surface area contributed by atoms with Crippen molar-refractivity contribution in [2.45, 2.75) is 32.3 Å². The molecule has 1 amide bonds. The predicted octanol–water partition coefficient (Wildman–Crippen LogP) is 2.06. The van der Waals surface area contributed by atoms with E-state index >= 15 is 0 Å². The molecule has 2 aliphatic heterocycles. The number of likely N-dealkylation sites (tertiary alicyclic amines) is 1. The number of benzene rings is 1. The monoisotopic (exact) mass is 318 g/mol.